The molecule has 0 bridgehead atoms. The second-order valence-corrected chi connectivity index (χ2v) is 10.4. The van der Waals surface area contributed by atoms with Gasteiger partial charge in [-0.05, 0) is 67.8 Å². The molecular formula is C27H35N4O2P. The molecule has 34 heavy (non-hydrogen) atoms. The fourth-order valence-electron chi connectivity index (χ4n) is 3.57. The molecule has 180 valence electrons. The van der Waals surface area contributed by atoms with Crippen LogP contribution in [0.15, 0.2) is 70.8 Å². The second-order valence-electron chi connectivity index (χ2n) is 8.99. The van der Waals surface area contributed by atoms with Crippen molar-refractivity contribution in [3.8, 4) is 0 Å². The van der Waals surface area contributed by atoms with Crippen molar-refractivity contribution in [1.82, 2.24) is 10.3 Å². The summed E-state index contributed by atoms with van der Waals surface area (Å²) in [6, 6.07) is 11.2. The Kier molecular flexibility index (Phi) is 9.28. The third kappa shape index (κ3) is 7.17. The Bertz CT molecular complexity index is 1080. The molecule has 6 nitrogen and oxygen atoms in total. The lowest BCUT2D eigenvalue weighted by atomic mass is 10.1. The number of aliphatic hydroxyl groups excluding tert-OH is 1. The normalized spacial score (nSPS) is 20.7. The number of amides is 1. The zero-order valence-electron chi connectivity index (χ0n) is 20.5. The Labute approximate surface area is 204 Å². The number of hydrogen-bond acceptors (Lipinski definition) is 5. The molecule has 0 radical (unpaired) electrons. The summed E-state index contributed by atoms with van der Waals surface area (Å²) in [4.78, 5) is 21.4. The highest BCUT2D eigenvalue weighted by atomic mass is 31.1. The highest BCUT2D eigenvalue weighted by Crippen LogP contribution is 2.39. The first-order chi connectivity index (χ1) is 16.3. The van der Waals surface area contributed by atoms with Crippen LogP contribution in [-0.4, -0.2) is 28.0 Å². The number of allylic oxidation sites excluding steroid dienone is 3. The number of rotatable bonds is 8. The lowest BCUT2D eigenvalue weighted by molar-refractivity contribution is -0.124. The Morgan fingerprint density at radius 3 is 2.71 bits per heavy atom. The minimum atomic E-state index is -1.32. The fourth-order valence-corrected chi connectivity index (χ4v) is 4.98. The molecule has 1 amide bonds. The van der Waals surface area contributed by atoms with Crippen molar-refractivity contribution in [2.75, 3.05) is 5.32 Å². The van der Waals surface area contributed by atoms with Crippen molar-refractivity contribution in [2.24, 2.45) is 10.9 Å². The predicted molar refractivity (Wildman–Crippen MR) is 142 cm³/mol. The third-order valence-electron chi connectivity index (χ3n) is 5.56. The summed E-state index contributed by atoms with van der Waals surface area (Å²) >= 11 is 0. The second kappa shape index (κ2) is 12.2. The molecule has 0 spiro atoms. The van der Waals surface area contributed by atoms with Gasteiger partial charge in [-0.2, -0.15) is 0 Å². The third-order valence-corrected chi connectivity index (χ3v) is 6.96. The van der Waals surface area contributed by atoms with Crippen molar-refractivity contribution < 1.29 is 9.90 Å². The first-order valence-electron chi connectivity index (χ1n) is 11.7. The molecule has 1 aromatic carbocycles. The van der Waals surface area contributed by atoms with Crippen LogP contribution in [0.3, 0.4) is 0 Å². The van der Waals surface area contributed by atoms with E-state index in [4.69, 9.17) is 0 Å². The number of aryl methyl sites for hydroxylation is 1. The Hall–Kier alpha value is -2.66. The number of carbonyl (C=O) groups is 1. The van der Waals surface area contributed by atoms with E-state index in [-0.39, 0.29) is 11.8 Å². The predicted octanol–water partition coefficient (Wildman–Crippen LogP) is 5.64. The molecule has 4 atom stereocenters. The van der Waals surface area contributed by atoms with E-state index in [2.05, 4.69) is 53.5 Å². The van der Waals surface area contributed by atoms with E-state index >= 15 is 0 Å². The van der Waals surface area contributed by atoms with Gasteiger partial charge in [-0.15, -0.1) is 0 Å². The highest BCUT2D eigenvalue weighted by Gasteiger charge is 2.21. The Balaban J connectivity index is 1.65. The van der Waals surface area contributed by atoms with Crippen LogP contribution in [0.4, 0.5) is 5.69 Å². The molecule has 3 rings (SSSR count). The first-order valence-corrected chi connectivity index (χ1v) is 12.8. The van der Waals surface area contributed by atoms with Crippen LogP contribution in [0, 0.1) is 12.8 Å². The first kappa shape index (κ1) is 26.0. The lowest BCUT2D eigenvalue weighted by Gasteiger charge is -2.26. The molecule has 1 aromatic heterocycles. The molecular weight excluding hydrogens is 443 g/mol. The van der Waals surface area contributed by atoms with Gasteiger partial charge in [0.15, 0.2) is 6.10 Å². The number of nitrogens with one attached hydrogen (secondary N) is 2. The molecule has 0 aliphatic carbocycles. The van der Waals surface area contributed by atoms with Gasteiger partial charge in [0.2, 0.25) is 0 Å². The van der Waals surface area contributed by atoms with Gasteiger partial charge in [0, 0.05) is 24.1 Å². The van der Waals surface area contributed by atoms with Gasteiger partial charge in [0.25, 0.3) is 5.91 Å². The Morgan fingerprint density at radius 2 is 2.03 bits per heavy atom. The maximum atomic E-state index is 12.6. The minimum absolute atomic E-state index is 0.0583. The number of benzene rings is 1. The molecule has 2 heterocycles. The van der Waals surface area contributed by atoms with Gasteiger partial charge in [-0.25, -0.2) is 0 Å². The number of aromatic nitrogens is 1. The van der Waals surface area contributed by atoms with Gasteiger partial charge in [0.05, 0.1) is 17.2 Å². The van der Waals surface area contributed by atoms with Crippen LogP contribution in [0.5, 0.6) is 0 Å². The van der Waals surface area contributed by atoms with Crippen LogP contribution in [0.25, 0.3) is 0 Å². The number of aliphatic hydroxyl groups is 1. The van der Waals surface area contributed by atoms with E-state index < -0.39 is 12.0 Å². The maximum Gasteiger partial charge on any atom is 0.259 e. The average molecular weight is 479 g/mol. The minimum Gasteiger partial charge on any atom is -0.377 e. The van der Waals surface area contributed by atoms with Gasteiger partial charge in [-0.3, -0.25) is 20.1 Å². The number of hydrogen-bond donors (Lipinski definition) is 3. The number of anilines is 1. The fraction of sp³-hybridized carbons (Fsp3) is 0.370. The highest BCUT2D eigenvalue weighted by molar-refractivity contribution is 7.45. The summed E-state index contributed by atoms with van der Waals surface area (Å²) in [6.07, 6.45) is 7.74. The van der Waals surface area contributed by atoms with E-state index in [0.29, 0.717) is 25.9 Å². The van der Waals surface area contributed by atoms with Crippen LogP contribution >= 0.6 is 8.58 Å². The maximum absolute atomic E-state index is 12.6. The summed E-state index contributed by atoms with van der Waals surface area (Å²) in [7, 11) is 0.604. The smallest absolute Gasteiger partial charge is 0.259 e. The zero-order chi connectivity index (χ0) is 24.7. The monoisotopic (exact) mass is 478 g/mol. The van der Waals surface area contributed by atoms with Gasteiger partial charge >= 0.3 is 0 Å². The molecule has 1 aliphatic rings. The molecule has 2 aromatic rings. The number of pyridine rings is 1. The summed E-state index contributed by atoms with van der Waals surface area (Å²) in [5.41, 5.74) is 4.04. The molecule has 0 fully saturated rings. The molecule has 4 unspecified atom stereocenters. The van der Waals surface area contributed by atoms with Crippen LogP contribution in [-0.2, 0) is 4.79 Å². The SMILES string of the molecule is C/C=C1/N=CC(NC(C)c2cccc(NC(=O)C(O)c3ccc(C)cn3)c2)P/C1=C\CC(C)C. The number of aliphatic imine (C=N–C) groups is 1. The van der Waals surface area contributed by atoms with E-state index in [1.807, 2.05) is 50.4 Å². The van der Waals surface area contributed by atoms with Crippen LogP contribution in [0.2, 0.25) is 0 Å². The topological polar surface area (TPSA) is 86.6 Å². The number of carbonyl (C=O) groups excluding carboxylic acids is 1. The van der Waals surface area contributed by atoms with Crippen LogP contribution < -0.4 is 10.6 Å². The summed E-state index contributed by atoms with van der Waals surface area (Å²) < 4.78 is 0. The van der Waals surface area contributed by atoms with E-state index in [0.717, 1.165) is 23.2 Å². The van der Waals surface area contributed by atoms with Crippen LogP contribution in [0.1, 0.15) is 63.1 Å². The van der Waals surface area contributed by atoms with E-state index in [1.165, 1.54) is 5.31 Å². The summed E-state index contributed by atoms with van der Waals surface area (Å²) in [5.74, 6) is 0.267. The van der Waals surface area contributed by atoms with E-state index in [9.17, 15) is 9.90 Å². The average Bonchev–Trinajstić information content (AvgIpc) is 2.83. The van der Waals surface area contributed by atoms with Crippen molar-refractivity contribution in [2.45, 2.75) is 59.0 Å². The molecule has 3 N–H and O–H groups in total. The standard InChI is InChI=1S/C27H35N4O2P/c1-6-22-24(13-10-17(2)3)34-25(16-29-22)30-19(5)20-8-7-9-21(14-20)31-27(33)26(32)23-12-11-18(4)15-28-23/h6-9,11-17,19,25-26,30,32,34H,10H2,1-5H3,(H,31,33)/b22-6+,24-13-. The quantitative estimate of drug-likeness (QED) is 0.429. The van der Waals surface area contributed by atoms with Gasteiger partial charge in [0.1, 0.15) is 0 Å². The molecule has 1 aliphatic heterocycles. The van der Waals surface area contributed by atoms with Crippen molar-refractivity contribution in [1.29, 1.82) is 0 Å². The summed E-state index contributed by atoms with van der Waals surface area (Å²) in [6.45, 7) is 10.5. The molecule has 0 saturated heterocycles. The number of nitrogens with zero attached hydrogens (tertiary/aromatic N) is 2. The van der Waals surface area contributed by atoms with Crippen molar-refractivity contribution in [3.63, 3.8) is 0 Å². The Morgan fingerprint density at radius 1 is 1.24 bits per heavy atom. The lowest BCUT2D eigenvalue weighted by Crippen LogP contribution is -2.31. The largest absolute Gasteiger partial charge is 0.377 e. The van der Waals surface area contributed by atoms with Gasteiger partial charge in [-0.1, -0.05) is 52.8 Å². The zero-order valence-corrected chi connectivity index (χ0v) is 21.5. The van der Waals surface area contributed by atoms with Crippen molar-refractivity contribution >= 4 is 26.4 Å². The van der Waals surface area contributed by atoms with E-state index in [1.54, 1.807) is 12.3 Å². The van der Waals surface area contributed by atoms with Gasteiger partial charge < -0.3 is 10.4 Å². The molecule has 0 saturated carbocycles. The summed E-state index contributed by atoms with van der Waals surface area (Å²) in [5, 5.41) is 18.1. The molecule has 7 heteroatoms. The van der Waals surface area contributed by atoms with Crippen molar-refractivity contribution in [3.05, 3.63) is 82.6 Å².